The molecule has 0 bridgehead atoms. The number of fused-ring (bicyclic) bond motifs is 5. The smallest absolute Gasteiger partial charge is 0.187 e. The Bertz CT molecular complexity index is 1570. The van der Waals surface area contributed by atoms with Gasteiger partial charge in [0.2, 0.25) is 0 Å². The van der Waals surface area contributed by atoms with Crippen LogP contribution in [0, 0.1) is 45.3 Å². The second-order valence-corrected chi connectivity index (χ2v) is 22.7. The molecule has 0 amide bonds. The van der Waals surface area contributed by atoms with Crippen LogP contribution in [-0.2, 0) is 28.4 Å². The average Bonchev–Trinajstić information content (AvgIpc) is 3.50. The molecule has 21 atom stereocenters. The van der Waals surface area contributed by atoms with Gasteiger partial charge in [0.1, 0.15) is 36.6 Å². The molecule has 0 aromatic rings. The van der Waals surface area contributed by atoms with Crippen LogP contribution in [0.2, 0.25) is 0 Å². The Morgan fingerprint density at radius 3 is 2.17 bits per heavy atom. The van der Waals surface area contributed by atoms with Gasteiger partial charge >= 0.3 is 0 Å². The molecule has 0 spiro atoms. The summed E-state index contributed by atoms with van der Waals surface area (Å²) in [5.74, 6) is 1.69. The van der Waals surface area contributed by atoms with E-state index in [1.807, 2.05) is 0 Å². The van der Waals surface area contributed by atoms with Crippen LogP contribution >= 0.6 is 0 Å². The quantitative estimate of drug-likeness (QED) is 0.114. The van der Waals surface area contributed by atoms with Crippen molar-refractivity contribution in [2.24, 2.45) is 45.3 Å². The van der Waals surface area contributed by atoms with Crippen molar-refractivity contribution in [2.45, 2.75) is 224 Å². The van der Waals surface area contributed by atoms with Gasteiger partial charge in [-0.3, -0.25) is 0 Å². The fraction of sp³-hybridized carbons (Fsp3) is 0.958. The van der Waals surface area contributed by atoms with E-state index in [1.165, 1.54) is 5.57 Å². The van der Waals surface area contributed by atoms with Crippen LogP contribution in [0.5, 0.6) is 0 Å². The van der Waals surface area contributed by atoms with E-state index in [-0.39, 0.29) is 66.8 Å². The highest BCUT2D eigenvalue weighted by Gasteiger charge is 2.67. The van der Waals surface area contributed by atoms with Crippen molar-refractivity contribution in [3.8, 4) is 0 Å². The first-order chi connectivity index (χ1) is 29.5. The second kappa shape index (κ2) is 18.9. The molecule has 4 aliphatic carbocycles. The lowest BCUT2D eigenvalue weighted by molar-refractivity contribution is -0.331. The average molecular weight is 899 g/mol. The monoisotopic (exact) mass is 899 g/mol. The molecule has 0 radical (unpaired) electrons. The predicted octanol–water partition coefficient (Wildman–Crippen LogP) is 3.06. The van der Waals surface area contributed by atoms with Crippen LogP contribution in [0.3, 0.4) is 0 Å². The summed E-state index contributed by atoms with van der Waals surface area (Å²) in [6.07, 6.45) is -2.13. The Morgan fingerprint density at radius 2 is 1.49 bits per heavy atom. The van der Waals surface area contributed by atoms with E-state index in [0.717, 1.165) is 51.4 Å². The molecule has 3 heterocycles. The van der Waals surface area contributed by atoms with Gasteiger partial charge in [0.05, 0.1) is 55.9 Å². The minimum atomic E-state index is -1.60. The van der Waals surface area contributed by atoms with Crippen molar-refractivity contribution >= 4 is 0 Å². The molecule has 15 nitrogen and oxygen atoms in total. The van der Waals surface area contributed by atoms with E-state index in [4.69, 9.17) is 28.4 Å². The molecule has 7 aliphatic rings. The fourth-order valence-corrected chi connectivity index (χ4v) is 14.1. The molecule has 15 heteroatoms. The van der Waals surface area contributed by atoms with Crippen LogP contribution in [0.4, 0.5) is 0 Å². The molecule has 9 N–H and O–H groups in total. The minimum Gasteiger partial charge on any atom is -0.394 e. The Morgan fingerprint density at radius 1 is 0.762 bits per heavy atom. The number of hydrogen-bond acceptors (Lipinski definition) is 15. The van der Waals surface area contributed by atoms with E-state index in [1.54, 1.807) is 13.8 Å². The maximum atomic E-state index is 11.4. The van der Waals surface area contributed by atoms with E-state index < -0.39 is 85.5 Å². The highest BCUT2D eigenvalue weighted by Crippen LogP contribution is 2.75. The van der Waals surface area contributed by atoms with Crippen LogP contribution in [0.1, 0.15) is 132 Å². The summed E-state index contributed by atoms with van der Waals surface area (Å²) in [5.41, 5.74) is 0.222. The first-order valence-electron chi connectivity index (χ1n) is 24.1. The maximum Gasteiger partial charge on any atom is 0.187 e. The second-order valence-electron chi connectivity index (χ2n) is 22.7. The first kappa shape index (κ1) is 50.0. The Labute approximate surface area is 374 Å². The lowest BCUT2D eigenvalue weighted by atomic mass is 9.39. The normalized spacial score (nSPS) is 48.7. The first-order valence-corrected chi connectivity index (χ1v) is 24.1. The molecular weight excluding hydrogens is 817 g/mol. The van der Waals surface area contributed by atoms with Gasteiger partial charge in [0.25, 0.3) is 0 Å². The third-order valence-electron chi connectivity index (χ3n) is 18.2. The highest BCUT2D eigenvalue weighted by molar-refractivity contribution is 5.30. The van der Waals surface area contributed by atoms with Crippen molar-refractivity contribution in [2.75, 3.05) is 19.8 Å². The minimum absolute atomic E-state index is 0.0985. The zero-order valence-corrected chi connectivity index (χ0v) is 39.1. The lowest BCUT2D eigenvalue weighted by Crippen LogP contribution is -2.61. The molecular formula is C48H82O15. The maximum absolute atomic E-state index is 11.4. The van der Waals surface area contributed by atoms with Crippen LogP contribution in [0.25, 0.3) is 0 Å². The van der Waals surface area contributed by atoms with E-state index >= 15 is 0 Å². The SMILES string of the molecule is C[C@H](CC[C@@H](O[C@@H]1O[C@H](CO[C@H]2C[C@@H](O)C[C@@H](CO)O2)[C@@H](O)[C@H](O)[C@H]1O)C(C)(C)O)C1CC[C@@]2(C)[C@@H]3CC=C4C(CC[C@H](O[C@H]5C[C@@H](O)[C@H](O)[C@@H](CO)O5)C4(C)C)[C@]3(C)CC[C@]12C. The molecule has 3 aliphatic heterocycles. The van der Waals surface area contributed by atoms with E-state index in [2.05, 4.69) is 47.6 Å². The van der Waals surface area contributed by atoms with Crippen LogP contribution in [0.15, 0.2) is 11.6 Å². The van der Waals surface area contributed by atoms with E-state index in [0.29, 0.717) is 30.1 Å². The molecule has 63 heavy (non-hydrogen) atoms. The summed E-state index contributed by atoms with van der Waals surface area (Å²) in [4.78, 5) is 0. The predicted molar refractivity (Wildman–Crippen MR) is 229 cm³/mol. The molecule has 364 valence electrons. The molecule has 7 rings (SSSR count). The Hall–Kier alpha value is -0.860. The topological polar surface area (TPSA) is 237 Å². The fourth-order valence-electron chi connectivity index (χ4n) is 14.1. The summed E-state index contributed by atoms with van der Waals surface area (Å²) in [6.45, 7) is 16.9. The van der Waals surface area contributed by atoms with Gasteiger partial charge in [-0.1, -0.05) is 53.2 Å². The molecule has 0 aromatic heterocycles. The summed E-state index contributed by atoms with van der Waals surface area (Å²) in [5, 5.41) is 94.3. The summed E-state index contributed by atoms with van der Waals surface area (Å²) >= 11 is 0. The number of aliphatic hydroxyl groups is 9. The van der Waals surface area contributed by atoms with Gasteiger partial charge in [-0.15, -0.1) is 0 Å². The zero-order valence-electron chi connectivity index (χ0n) is 39.1. The number of aliphatic hydroxyl groups excluding tert-OH is 8. The highest BCUT2D eigenvalue weighted by atomic mass is 16.7. The number of hydrogen-bond donors (Lipinski definition) is 9. The van der Waals surface area contributed by atoms with Crippen molar-refractivity contribution < 1.29 is 74.4 Å². The third-order valence-corrected chi connectivity index (χ3v) is 18.2. The summed E-state index contributed by atoms with van der Waals surface area (Å²) in [7, 11) is 0. The molecule has 6 fully saturated rings. The standard InChI is InChI=1S/C48H82O15/c1-25(9-13-36(45(4,5)57)63-43-42(56)41(55)40(54)33(61-43)24-58-37-20-26(51)19-27(22-49)59-37)28-15-16-48(8)34-12-10-29-30(46(34,6)17-18-47(28,48)7)11-14-35(44(29,2)3)62-38-21-31(52)39(53)32(23-50)60-38/h10,25-28,30-43,49-57H,9,11-24H2,1-8H3/t25-,26+,27+,28?,30?,31-,32-,33-,34-,35+,36-,37-,38+,39+,40-,41+,42-,43+,46+,47-,48+/m1/s1. The van der Waals surface area contributed by atoms with Crippen LogP contribution < -0.4 is 0 Å². The Kier molecular flexibility index (Phi) is 15.0. The van der Waals surface area contributed by atoms with Gasteiger partial charge in [-0.05, 0) is 112 Å². The van der Waals surface area contributed by atoms with Crippen molar-refractivity contribution in [3.05, 3.63) is 11.6 Å². The largest absolute Gasteiger partial charge is 0.394 e. The van der Waals surface area contributed by atoms with Gasteiger partial charge in [-0.2, -0.15) is 0 Å². The summed E-state index contributed by atoms with van der Waals surface area (Å²) in [6, 6.07) is 0. The van der Waals surface area contributed by atoms with Gasteiger partial charge in [-0.25, -0.2) is 0 Å². The van der Waals surface area contributed by atoms with Crippen molar-refractivity contribution in [3.63, 3.8) is 0 Å². The van der Waals surface area contributed by atoms with Gasteiger partial charge in [0, 0.05) is 24.7 Å². The van der Waals surface area contributed by atoms with E-state index in [9.17, 15) is 46.0 Å². The Balaban J connectivity index is 0.991. The van der Waals surface area contributed by atoms with Gasteiger partial charge < -0.3 is 74.4 Å². The molecule has 3 saturated heterocycles. The number of rotatable bonds is 14. The number of ether oxygens (including phenoxy) is 6. The lowest BCUT2D eigenvalue weighted by Gasteiger charge is -2.66. The molecule has 2 unspecified atom stereocenters. The van der Waals surface area contributed by atoms with Gasteiger partial charge in [0.15, 0.2) is 18.9 Å². The molecule has 0 aromatic carbocycles. The molecule has 3 saturated carbocycles. The van der Waals surface area contributed by atoms with Crippen LogP contribution in [-0.4, -0.2) is 157 Å². The van der Waals surface area contributed by atoms with Crippen molar-refractivity contribution in [1.29, 1.82) is 0 Å². The third kappa shape index (κ3) is 9.36. The zero-order chi connectivity index (χ0) is 46.0. The number of allylic oxidation sites excluding steroid dienone is 1. The van der Waals surface area contributed by atoms with Crippen molar-refractivity contribution in [1.82, 2.24) is 0 Å². The summed E-state index contributed by atoms with van der Waals surface area (Å²) < 4.78 is 36.3.